The molecule has 0 unspecified atom stereocenters. The summed E-state index contributed by atoms with van der Waals surface area (Å²) in [6, 6.07) is 6.64. The van der Waals surface area contributed by atoms with Crippen molar-refractivity contribution in [3.63, 3.8) is 0 Å². The Morgan fingerprint density at radius 1 is 1.16 bits per heavy atom. The van der Waals surface area contributed by atoms with E-state index in [0.29, 0.717) is 24.4 Å². The molecule has 0 atom stereocenters. The van der Waals surface area contributed by atoms with Crippen LogP contribution in [0.15, 0.2) is 58.5 Å². The zero-order valence-corrected chi connectivity index (χ0v) is 14.0. The fraction of sp³-hybridized carbons (Fsp3) is 0.176. The van der Waals surface area contributed by atoms with Gasteiger partial charge in [0, 0.05) is 24.4 Å². The third-order valence-corrected chi connectivity index (χ3v) is 5.37. The van der Waals surface area contributed by atoms with E-state index >= 15 is 0 Å². The van der Waals surface area contributed by atoms with Crippen LogP contribution in [0.2, 0.25) is 0 Å². The average Bonchev–Trinajstić information content (AvgIpc) is 3.31. The highest BCUT2D eigenvalue weighted by Crippen LogP contribution is 2.27. The summed E-state index contributed by atoms with van der Waals surface area (Å²) >= 11 is 0. The number of rotatable bonds is 5. The van der Waals surface area contributed by atoms with Crippen LogP contribution in [0, 0.1) is 0 Å². The molecule has 25 heavy (non-hydrogen) atoms. The topological polar surface area (TPSA) is 94.3 Å². The average molecular weight is 357 g/mol. The van der Waals surface area contributed by atoms with Gasteiger partial charge in [0.2, 0.25) is 10.0 Å². The molecule has 0 fully saturated rings. The van der Waals surface area contributed by atoms with Gasteiger partial charge in [-0.1, -0.05) is 0 Å². The van der Waals surface area contributed by atoms with Gasteiger partial charge in [0.25, 0.3) is 0 Å². The molecule has 0 saturated heterocycles. The third-order valence-electron chi connectivity index (χ3n) is 3.97. The molecule has 0 spiro atoms. The summed E-state index contributed by atoms with van der Waals surface area (Å²) in [7, 11) is -3.66. The highest BCUT2D eigenvalue weighted by molar-refractivity contribution is 7.89. The number of aromatic nitrogens is 2. The molecule has 1 aliphatic heterocycles. The Kier molecular flexibility index (Phi) is 3.98. The zero-order valence-electron chi connectivity index (χ0n) is 13.2. The molecule has 0 saturated carbocycles. The number of sulfonamides is 1. The van der Waals surface area contributed by atoms with E-state index in [1.807, 2.05) is 0 Å². The van der Waals surface area contributed by atoms with Gasteiger partial charge in [0.15, 0.2) is 0 Å². The van der Waals surface area contributed by atoms with Crippen LogP contribution in [0.25, 0.3) is 11.3 Å². The van der Waals surface area contributed by atoms with E-state index in [4.69, 9.17) is 9.15 Å². The second-order valence-electron chi connectivity index (χ2n) is 5.56. The zero-order chi connectivity index (χ0) is 17.3. The molecular formula is C17H15N3O4S. The van der Waals surface area contributed by atoms with Gasteiger partial charge < -0.3 is 9.15 Å². The quantitative estimate of drug-likeness (QED) is 0.752. The fourth-order valence-corrected chi connectivity index (χ4v) is 3.75. The maximum atomic E-state index is 12.6. The van der Waals surface area contributed by atoms with Crippen LogP contribution in [0.1, 0.15) is 11.3 Å². The highest BCUT2D eigenvalue weighted by atomic mass is 32.2. The SMILES string of the molecule is O=S(=O)(NCc1nccnc1-c1ccoc1)c1ccc2c(c1)CCO2. The van der Waals surface area contributed by atoms with E-state index in [9.17, 15) is 8.42 Å². The van der Waals surface area contributed by atoms with Crippen molar-refractivity contribution >= 4 is 10.0 Å². The minimum atomic E-state index is -3.66. The van der Waals surface area contributed by atoms with Crippen molar-refractivity contribution in [3.05, 3.63) is 60.4 Å². The number of fused-ring (bicyclic) bond motifs is 1. The molecule has 0 aliphatic carbocycles. The first-order valence-electron chi connectivity index (χ1n) is 7.71. The van der Waals surface area contributed by atoms with Crippen molar-refractivity contribution in [1.29, 1.82) is 0 Å². The van der Waals surface area contributed by atoms with Crippen LogP contribution < -0.4 is 9.46 Å². The first-order chi connectivity index (χ1) is 12.1. The van der Waals surface area contributed by atoms with Gasteiger partial charge in [-0.05, 0) is 29.8 Å². The molecule has 7 nitrogen and oxygen atoms in total. The van der Waals surface area contributed by atoms with Gasteiger partial charge in [-0.3, -0.25) is 9.97 Å². The summed E-state index contributed by atoms with van der Waals surface area (Å²) in [6.45, 7) is 0.615. The predicted molar refractivity (Wildman–Crippen MR) is 89.4 cm³/mol. The van der Waals surface area contributed by atoms with Crippen molar-refractivity contribution in [1.82, 2.24) is 14.7 Å². The van der Waals surface area contributed by atoms with Gasteiger partial charge in [-0.15, -0.1) is 0 Å². The lowest BCUT2D eigenvalue weighted by Crippen LogP contribution is -2.24. The van der Waals surface area contributed by atoms with Crippen LogP contribution in [0.5, 0.6) is 5.75 Å². The summed E-state index contributed by atoms with van der Waals surface area (Å²) < 4.78 is 38.2. The smallest absolute Gasteiger partial charge is 0.240 e. The Balaban J connectivity index is 1.57. The molecule has 2 aromatic heterocycles. The Bertz CT molecular complexity index is 1000. The Labute approximate surface area is 144 Å². The molecule has 1 N–H and O–H groups in total. The molecule has 8 heteroatoms. The normalized spacial score (nSPS) is 13.4. The monoisotopic (exact) mass is 357 g/mol. The minimum absolute atomic E-state index is 0.0320. The van der Waals surface area contributed by atoms with Gasteiger partial charge in [-0.2, -0.15) is 0 Å². The van der Waals surface area contributed by atoms with Crippen molar-refractivity contribution in [2.24, 2.45) is 0 Å². The van der Waals surface area contributed by atoms with Crippen molar-refractivity contribution in [3.8, 4) is 17.0 Å². The maximum Gasteiger partial charge on any atom is 0.240 e. The second kappa shape index (κ2) is 6.30. The number of hydrogen-bond donors (Lipinski definition) is 1. The molecule has 1 aromatic carbocycles. The predicted octanol–water partition coefficient (Wildman–Crippen LogP) is 2.15. The standard InChI is InChI=1S/C17H15N3O4S/c21-25(22,14-1-2-16-12(9-14)4-8-24-16)20-10-15-17(19-6-5-18-15)13-3-7-23-11-13/h1-3,5-7,9,11,20H,4,8,10H2. The molecule has 1 aliphatic rings. The van der Waals surface area contributed by atoms with Crippen molar-refractivity contribution < 1.29 is 17.6 Å². The first kappa shape index (κ1) is 15.8. The summed E-state index contributed by atoms with van der Waals surface area (Å²) in [5.41, 5.74) is 2.76. The Hall–Kier alpha value is -2.71. The van der Waals surface area contributed by atoms with Crippen LogP contribution in [-0.4, -0.2) is 25.0 Å². The van der Waals surface area contributed by atoms with E-state index in [2.05, 4.69) is 14.7 Å². The van der Waals surface area contributed by atoms with Crippen LogP contribution in [0.4, 0.5) is 0 Å². The maximum absolute atomic E-state index is 12.6. The summed E-state index contributed by atoms with van der Waals surface area (Å²) in [6.07, 6.45) is 6.88. The van der Waals surface area contributed by atoms with E-state index < -0.39 is 10.0 Å². The Morgan fingerprint density at radius 2 is 2.04 bits per heavy atom. The molecule has 3 heterocycles. The van der Waals surface area contributed by atoms with Crippen LogP contribution in [-0.2, 0) is 23.0 Å². The molecule has 0 bridgehead atoms. The van der Waals surface area contributed by atoms with Gasteiger partial charge >= 0.3 is 0 Å². The summed E-state index contributed by atoms with van der Waals surface area (Å²) in [5.74, 6) is 0.745. The molecule has 0 amide bonds. The molecular weight excluding hydrogens is 342 g/mol. The van der Waals surface area contributed by atoms with E-state index in [-0.39, 0.29) is 11.4 Å². The van der Waals surface area contributed by atoms with Gasteiger partial charge in [-0.25, -0.2) is 13.1 Å². The highest BCUT2D eigenvalue weighted by Gasteiger charge is 2.20. The fourth-order valence-electron chi connectivity index (χ4n) is 2.71. The Morgan fingerprint density at radius 3 is 2.88 bits per heavy atom. The molecule has 3 aromatic rings. The third kappa shape index (κ3) is 3.13. The largest absolute Gasteiger partial charge is 0.493 e. The van der Waals surface area contributed by atoms with Crippen molar-refractivity contribution in [2.75, 3.05) is 6.61 Å². The number of nitrogens with zero attached hydrogens (tertiary/aromatic N) is 2. The number of nitrogens with one attached hydrogen (secondary N) is 1. The van der Waals surface area contributed by atoms with E-state index in [0.717, 1.165) is 16.9 Å². The van der Waals surface area contributed by atoms with Crippen LogP contribution >= 0.6 is 0 Å². The van der Waals surface area contributed by atoms with Crippen molar-refractivity contribution in [2.45, 2.75) is 17.9 Å². The lowest BCUT2D eigenvalue weighted by molar-refractivity contribution is 0.356. The number of furan rings is 1. The second-order valence-corrected chi connectivity index (χ2v) is 7.32. The number of hydrogen-bond acceptors (Lipinski definition) is 6. The molecule has 4 rings (SSSR count). The van der Waals surface area contributed by atoms with Gasteiger partial charge in [0.1, 0.15) is 5.75 Å². The van der Waals surface area contributed by atoms with Gasteiger partial charge in [0.05, 0.1) is 42.0 Å². The van der Waals surface area contributed by atoms with E-state index in [1.54, 1.807) is 36.7 Å². The number of benzene rings is 1. The molecule has 0 radical (unpaired) electrons. The van der Waals surface area contributed by atoms with Crippen LogP contribution in [0.3, 0.4) is 0 Å². The molecule has 128 valence electrons. The number of ether oxygens (including phenoxy) is 1. The van der Waals surface area contributed by atoms with E-state index in [1.165, 1.54) is 12.5 Å². The minimum Gasteiger partial charge on any atom is -0.493 e. The lowest BCUT2D eigenvalue weighted by atomic mass is 10.2. The summed E-state index contributed by atoms with van der Waals surface area (Å²) in [5, 5.41) is 0. The lowest BCUT2D eigenvalue weighted by Gasteiger charge is -2.09. The summed E-state index contributed by atoms with van der Waals surface area (Å²) in [4.78, 5) is 8.72. The first-order valence-corrected chi connectivity index (χ1v) is 9.20.